The van der Waals surface area contributed by atoms with E-state index in [1.54, 1.807) is 52.7 Å². The van der Waals surface area contributed by atoms with E-state index in [1.807, 2.05) is 64.3 Å². The van der Waals surface area contributed by atoms with E-state index in [-0.39, 0.29) is 34.8 Å². The van der Waals surface area contributed by atoms with Gasteiger partial charge in [-0.25, -0.2) is 9.59 Å². The molecule has 92 heavy (non-hydrogen) atoms. The first kappa shape index (κ1) is 74.9. The van der Waals surface area contributed by atoms with Gasteiger partial charge >= 0.3 is 36.3 Å². The summed E-state index contributed by atoms with van der Waals surface area (Å²) < 4.78 is 56.3. The number of amides is 2. The van der Waals surface area contributed by atoms with Gasteiger partial charge in [-0.05, 0) is 150 Å². The van der Waals surface area contributed by atoms with Gasteiger partial charge in [0.15, 0.2) is 46.0 Å². The molecular formula is C64H86N8O20. The third kappa shape index (κ3) is 23.7. The smallest absolute Gasteiger partial charge is 0.421 e. The van der Waals surface area contributed by atoms with E-state index >= 15 is 0 Å². The van der Waals surface area contributed by atoms with Gasteiger partial charge in [0.1, 0.15) is 12.2 Å². The molecule has 0 bridgehead atoms. The number of carbonyl (C=O) groups is 4. The van der Waals surface area contributed by atoms with Crippen LogP contribution in [-0.2, 0) is 51.2 Å². The van der Waals surface area contributed by atoms with Crippen LogP contribution in [0.1, 0.15) is 113 Å². The van der Waals surface area contributed by atoms with E-state index in [1.165, 1.54) is 40.2 Å². The lowest BCUT2D eigenvalue weighted by molar-refractivity contribution is -0.767. The van der Waals surface area contributed by atoms with Crippen molar-refractivity contribution in [3.8, 4) is 58.1 Å². The minimum absolute atomic E-state index is 0.0247. The van der Waals surface area contributed by atoms with Crippen LogP contribution in [-0.4, -0.2) is 151 Å². The van der Waals surface area contributed by atoms with E-state index in [9.17, 15) is 49.9 Å². The zero-order chi connectivity index (χ0) is 67.9. The number of rotatable bonds is 42. The second-order valence-corrected chi connectivity index (χ2v) is 21.6. The van der Waals surface area contributed by atoms with Crippen molar-refractivity contribution in [1.82, 2.24) is 20.4 Å². The summed E-state index contributed by atoms with van der Waals surface area (Å²) in [6.45, 7) is 6.45. The summed E-state index contributed by atoms with van der Waals surface area (Å²) in [7, 11) is 12.6. The van der Waals surface area contributed by atoms with Gasteiger partial charge < -0.3 is 67.7 Å². The molecule has 8 unspecified atom stereocenters. The van der Waals surface area contributed by atoms with E-state index in [4.69, 9.17) is 47.4 Å². The molecule has 502 valence electrons. The van der Waals surface area contributed by atoms with Crippen LogP contribution < -0.4 is 48.5 Å². The highest BCUT2D eigenvalue weighted by molar-refractivity contribution is 6.30. The molecule has 28 heteroatoms. The Morgan fingerprint density at radius 3 is 1.15 bits per heavy atom. The van der Waals surface area contributed by atoms with Crippen LogP contribution in [0.25, 0.3) is 0 Å². The Labute approximate surface area is 536 Å². The second-order valence-electron chi connectivity index (χ2n) is 21.6. The molecule has 0 fully saturated rings. The summed E-state index contributed by atoms with van der Waals surface area (Å²) in [6, 6.07) is 24.9. The van der Waals surface area contributed by atoms with Gasteiger partial charge in [-0.2, -0.15) is 10.5 Å². The maximum atomic E-state index is 14.1. The topological polar surface area (TPSA) is 343 Å². The Kier molecular flexibility index (Phi) is 31.7. The van der Waals surface area contributed by atoms with Crippen molar-refractivity contribution in [3.63, 3.8) is 0 Å². The first-order valence-corrected chi connectivity index (χ1v) is 30.0. The lowest BCUT2D eigenvalue weighted by Crippen LogP contribution is -2.47. The summed E-state index contributed by atoms with van der Waals surface area (Å²) in [6.07, 6.45) is -1.30. The number of hydrogen-bond acceptors (Lipinski definition) is 24. The van der Waals surface area contributed by atoms with Gasteiger partial charge in [-0.1, -0.05) is 51.0 Å². The number of methoxy groups -OCH3 is 6. The molecule has 0 aromatic heterocycles. The monoisotopic (exact) mass is 1290 g/mol. The first-order chi connectivity index (χ1) is 44.1. The fourth-order valence-corrected chi connectivity index (χ4v) is 10.0. The first-order valence-electron chi connectivity index (χ1n) is 30.0. The van der Waals surface area contributed by atoms with E-state index in [0.717, 1.165) is 24.0 Å². The predicted octanol–water partition coefficient (Wildman–Crippen LogP) is 8.23. The van der Waals surface area contributed by atoms with E-state index in [2.05, 4.69) is 42.2 Å². The Hall–Kier alpha value is -9.54. The normalized spacial score (nSPS) is 13.6. The molecule has 2 N–H and O–H groups in total. The molecule has 8 atom stereocenters. The fraction of sp³-hybridized carbons (Fsp3) is 0.531. The average molecular weight is 1290 g/mol. The molecule has 0 heterocycles. The van der Waals surface area contributed by atoms with Gasteiger partial charge in [0.2, 0.25) is 0 Å². The number of nitrogens with zero attached hydrogens (tertiary/aromatic N) is 6. The number of benzene rings is 4. The van der Waals surface area contributed by atoms with Crippen LogP contribution in [0, 0.1) is 54.7 Å². The van der Waals surface area contributed by atoms with Crippen molar-refractivity contribution in [2.24, 2.45) is 11.8 Å². The zero-order valence-corrected chi connectivity index (χ0v) is 54.3. The fourth-order valence-electron chi connectivity index (χ4n) is 10.0. The molecular weight excluding hydrogens is 1200 g/mol. The van der Waals surface area contributed by atoms with Gasteiger partial charge in [0.25, 0.3) is 10.2 Å². The molecule has 0 saturated carbocycles. The lowest BCUT2D eigenvalue weighted by Gasteiger charge is -2.30. The van der Waals surface area contributed by atoms with Crippen molar-refractivity contribution in [2.45, 2.75) is 129 Å². The van der Waals surface area contributed by atoms with E-state index in [0.29, 0.717) is 98.6 Å². The molecule has 0 aliphatic carbocycles. The maximum Gasteiger partial charge on any atom is 0.421 e. The van der Waals surface area contributed by atoms with Crippen molar-refractivity contribution >= 4 is 23.8 Å². The number of ether oxygens (including phenoxy) is 10. The van der Waals surface area contributed by atoms with E-state index < -0.39 is 83.9 Å². The SMILES string of the molecule is CCCC(C#N)CCC(c1ccc(OC)c(OC(OC(=O)C(=O)OC(Oc2cc(C(CCC(C#N)CCC)N(C)CCc3ccc(OC)c(OC)c3)ccc2OC)C(=O)NCC(C)O[N+](=O)[O-])C(=O)NCC(C)O[N+](=O)[O-])c1)N(C)CCc1ccc(OC)c(OC)c1. The maximum absolute atomic E-state index is 14.1. The third-order valence-corrected chi connectivity index (χ3v) is 15.0. The Bertz CT molecular complexity index is 2930. The minimum atomic E-state index is -2.39. The number of nitrogens with one attached hydrogen (secondary N) is 2. The molecule has 28 nitrogen and oxygen atoms in total. The molecule has 4 rings (SSSR count). The van der Waals surface area contributed by atoms with Gasteiger partial charge in [0, 0.05) is 50.1 Å². The highest BCUT2D eigenvalue weighted by atomic mass is 17.0. The van der Waals surface area contributed by atoms with Crippen molar-refractivity contribution < 1.29 is 86.4 Å². The van der Waals surface area contributed by atoms with Crippen LogP contribution in [0.15, 0.2) is 72.8 Å². The summed E-state index contributed by atoms with van der Waals surface area (Å²) >= 11 is 0. The summed E-state index contributed by atoms with van der Waals surface area (Å²) in [5.74, 6) is -4.93. The van der Waals surface area contributed by atoms with Crippen molar-refractivity contribution in [3.05, 3.63) is 115 Å². The van der Waals surface area contributed by atoms with Crippen LogP contribution in [0.2, 0.25) is 0 Å². The molecule has 0 saturated heterocycles. The van der Waals surface area contributed by atoms with Gasteiger partial charge in [-0.15, -0.1) is 20.2 Å². The van der Waals surface area contributed by atoms with Gasteiger partial charge in [-0.3, -0.25) is 19.4 Å². The van der Waals surface area contributed by atoms with Crippen molar-refractivity contribution in [1.29, 1.82) is 10.5 Å². The molecule has 0 aliphatic rings. The quantitative estimate of drug-likeness (QED) is 0.0139. The Balaban J connectivity index is 1.76. The minimum Gasteiger partial charge on any atom is -0.493 e. The largest absolute Gasteiger partial charge is 0.493 e. The highest BCUT2D eigenvalue weighted by Gasteiger charge is 2.36. The van der Waals surface area contributed by atoms with Crippen LogP contribution >= 0.6 is 0 Å². The standard InChI is InChI=1S/C64H86N8O20/c1-13-15-45(37-65)17-23-49(69(5)31-29-43-19-25-51(81-7)55(33-43)85-11)47-21-27-53(83-9)57(35-47)87-63(59(73)67-39-41(3)91-71(77)78)89-61(75)62(76)90-64(60(74)68-40-42(4)92-72(79)80)88-58-36-48(22-28-54(58)84-10)50(24-18-46(38-66)16-14-2)70(6)32-30-44-20-26-52(82-8)56(34-44)86-12/h19-22,25-28,33-36,41-42,45-46,49-50,63-64H,13-18,23-24,29-32,39-40H2,1-12H3,(H,67,73)(H,68,74). The summed E-state index contributed by atoms with van der Waals surface area (Å²) in [4.78, 5) is 92.1. The van der Waals surface area contributed by atoms with Crippen LogP contribution in [0.5, 0.6) is 46.0 Å². The predicted molar refractivity (Wildman–Crippen MR) is 332 cm³/mol. The van der Waals surface area contributed by atoms with Crippen LogP contribution in [0.3, 0.4) is 0 Å². The lowest BCUT2D eigenvalue weighted by atomic mass is 9.92. The number of carbonyl (C=O) groups excluding carboxylic acids is 4. The van der Waals surface area contributed by atoms with Crippen molar-refractivity contribution in [2.75, 3.05) is 82.9 Å². The Morgan fingerprint density at radius 2 is 0.837 bits per heavy atom. The van der Waals surface area contributed by atoms with Gasteiger partial charge in [0.05, 0.1) is 54.8 Å². The molecule has 0 radical (unpaired) electrons. The number of esters is 2. The number of nitriles is 2. The number of hydrogen-bond donors (Lipinski definition) is 2. The molecule has 4 aromatic rings. The third-order valence-electron chi connectivity index (χ3n) is 15.0. The summed E-state index contributed by atoms with van der Waals surface area (Å²) in [5, 5.41) is 45.1. The zero-order valence-electron chi connectivity index (χ0n) is 54.3. The highest BCUT2D eigenvalue weighted by Crippen LogP contribution is 2.38. The summed E-state index contributed by atoms with van der Waals surface area (Å²) in [5.41, 5.74) is 3.11. The molecule has 0 spiro atoms. The number of likely N-dealkylation sites (N-methyl/N-ethyl adjacent to an activating group) is 2. The average Bonchev–Trinajstić information content (AvgIpc) is 0.892. The molecule has 2 amide bonds. The second kappa shape index (κ2) is 38.9. The molecule has 0 aliphatic heterocycles. The van der Waals surface area contributed by atoms with Crippen LogP contribution in [0.4, 0.5) is 0 Å². The molecule has 4 aromatic carbocycles. The Morgan fingerprint density at radius 1 is 0.500 bits per heavy atom.